The lowest BCUT2D eigenvalue weighted by molar-refractivity contribution is 0.231. The maximum atomic E-state index is 5.68. The normalized spacial score (nSPS) is 20.0. The van der Waals surface area contributed by atoms with Crippen molar-refractivity contribution in [3.8, 4) is 0 Å². The van der Waals surface area contributed by atoms with Gasteiger partial charge in [-0.3, -0.25) is 0 Å². The van der Waals surface area contributed by atoms with Crippen LogP contribution in [0.1, 0.15) is 33.1 Å². The third kappa shape index (κ3) is 2.76. The van der Waals surface area contributed by atoms with E-state index in [-0.39, 0.29) is 0 Å². The maximum Gasteiger partial charge on any atom is 0.00964 e. The molecule has 0 saturated heterocycles. The molecule has 0 radical (unpaired) electrons. The van der Waals surface area contributed by atoms with Crippen LogP contribution in [0.5, 0.6) is 0 Å². The molecule has 1 rings (SSSR count). The van der Waals surface area contributed by atoms with E-state index in [0.717, 1.165) is 12.6 Å². The Morgan fingerprint density at radius 3 is 2.42 bits per heavy atom. The van der Waals surface area contributed by atoms with E-state index in [9.17, 15) is 0 Å². The minimum atomic E-state index is 0.713. The van der Waals surface area contributed by atoms with Crippen LogP contribution in [0.3, 0.4) is 0 Å². The summed E-state index contributed by atoms with van der Waals surface area (Å²) in [7, 11) is 0. The van der Waals surface area contributed by atoms with E-state index in [1.54, 1.807) is 0 Å². The highest BCUT2D eigenvalue weighted by atomic mass is 15.2. The highest BCUT2D eigenvalue weighted by Gasteiger charge is 2.28. The Balaban J connectivity index is 2.24. The minimum Gasteiger partial charge on any atom is -0.330 e. The Labute approximate surface area is 76.1 Å². The third-order valence-electron chi connectivity index (χ3n) is 2.87. The molecule has 1 atom stereocenters. The molecule has 1 unspecified atom stereocenters. The van der Waals surface area contributed by atoms with E-state index in [2.05, 4.69) is 18.7 Å². The third-order valence-corrected chi connectivity index (χ3v) is 2.87. The van der Waals surface area contributed by atoms with E-state index in [4.69, 9.17) is 5.73 Å². The first-order valence-corrected chi connectivity index (χ1v) is 5.25. The zero-order valence-corrected chi connectivity index (χ0v) is 8.42. The molecule has 0 aliphatic heterocycles. The van der Waals surface area contributed by atoms with Crippen LogP contribution in [0, 0.1) is 5.92 Å². The first-order valence-electron chi connectivity index (χ1n) is 5.25. The Kier molecular flexibility index (Phi) is 4.02. The Hall–Kier alpha value is -0.0800. The van der Waals surface area contributed by atoms with Gasteiger partial charge in [0, 0.05) is 12.6 Å². The van der Waals surface area contributed by atoms with Gasteiger partial charge in [0.2, 0.25) is 0 Å². The van der Waals surface area contributed by atoms with Crippen LogP contribution in [-0.4, -0.2) is 30.6 Å². The van der Waals surface area contributed by atoms with Crippen molar-refractivity contribution in [1.29, 1.82) is 0 Å². The lowest BCUT2D eigenvalue weighted by Crippen LogP contribution is -2.34. The van der Waals surface area contributed by atoms with Crippen molar-refractivity contribution in [3.63, 3.8) is 0 Å². The Morgan fingerprint density at radius 1 is 1.42 bits per heavy atom. The van der Waals surface area contributed by atoms with Crippen molar-refractivity contribution in [2.24, 2.45) is 11.7 Å². The molecule has 12 heavy (non-hydrogen) atoms. The van der Waals surface area contributed by atoms with E-state index in [1.165, 1.54) is 32.4 Å². The van der Waals surface area contributed by atoms with Gasteiger partial charge in [-0.15, -0.1) is 0 Å². The standard InChI is InChI=1S/C10H22N2/c1-3-9(7-11)8-12(4-2)10-5-6-10/h9-10H,3-8,11H2,1-2H3. The van der Waals surface area contributed by atoms with E-state index >= 15 is 0 Å². The van der Waals surface area contributed by atoms with Gasteiger partial charge in [0.1, 0.15) is 0 Å². The van der Waals surface area contributed by atoms with E-state index in [0.29, 0.717) is 5.92 Å². The molecule has 0 spiro atoms. The van der Waals surface area contributed by atoms with Gasteiger partial charge in [-0.2, -0.15) is 0 Å². The summed E-state index contributed by atoms with van der Waals surface area (Å²) in [5, 5.41) is 0. The molecule has 1 aliphatic carbocycles. The van der Waals surface area contributed by atoms with Crippen molar-refractivity contribution < 1.29 is 0 Å². The zero-order chi connectivity index (χ0) is 8.97. The average Bonchev–Trinajstić information content (AvgIpc) is 2.90. The average molecular weight is 170 g/mol. The van der Waals surface area contributed by atoms with Crippen molar-refractivity contribution >= 4 is 0 Å². The summed E-state index contributed by atoms with van der Waals surface area (Å²) < 4.78 is 0. The molecule has 2 heteroatoms. The Bertz CT molecular complexity index is 117. The highest BCUT2D eigenvalue weighted by Crippen LogP contribution is 2.27. The fraction of sp³-hybridized carbons (Fsp3) is 1.00. The van der Waals surface area contributed by atoms with E-state index < -0.39 is 0 Å². The molecule has 2 nitrogen and oxygen atoms in total. The van der Waals surface area contributed by atoms with Crippen LogP contribution in [0.2, 0.25) is 0 Å². The van der Waals surface area contributed by atoms with Gasteiger partial charge in [-0.1, -0.05) is 20.3 Å². The summed E-state index contributed by atoms with van der Waals surface area (Å²) in [4.78, 5) is 2.58. The fourth-order valence-corrected chi connectivity index (χ4v) is 1.68. The van der Waals surface area contributed by atoms with Gasteiger partial charge in [0.25, 0.3) is 0 Å². The number of rotatable bonds is 6. The first kappa shape index (κ1) is 10.0. The number of nitrogens with zero attached hydrogens (tertiary/aromatic N) is 1. The lowest BCUT2D eigenvalue weighted by Gasteiger charge is -2.24. The topological polar surface area (TPSA) is 29.3 Å². The van der Waals surface area contributed by atoms with Gasteiger partial charge in [0.15, 0.2) is 0 Å². The molecule has 1 fully saturated rings. The SMILES string of the molecule is CCC(CN)CN(CC)C1CC1. The number of hydrogen-bond acceptors (Lipinski definition) is 2. The van der Waals surface area contributed by atoms with Crippen molar-refractivity contribution in [1.82, 2.24) is 4.90 Å². The van der Waals surface area contributed by atoms with Crippen LogP contribution in [0.4, 0.5) is 0 Å². The van der Waals surface area contributed by atoms with Gasteiger partial charge in [-0.05, 0) is 31.8 Å². The fourth-order valence-electron chi connectivity index (χ4n) is 1.68. The monoisotopic (exact) mass is 170 g/mol. The summed E-state index contributed by atoms with van der Waals surface area (Å²) in [5.41, 5.74) is 5.68. The number of nitrogens with two attached hydrogens (primary N) is 1. The summed E-state index contributed by atoms with van der Waals surface area (Å²) in [6.07, 6.45) is 4.05. The van der Waals surface area contributed by atoms with Gasteiger partial charge in [-0.25, -0.2) is 0 Å². The van der Waals surface area contributed by atoms with Gasteiger partial charge >= 0.3 is 0 Å². The summed E-state index contributed by atoms with van der Waals surface area (Å²) in [6.45, 7) is 7.74. The van der Waals surface area contributed by atoms with Crippen LogP contribution in [0.15, 0.2) is 0 Å². The molecule has 0 aromatic carbocycles. The highest BCUT2D eigenvalue weighted by molar-refractivity contribution is 4.84. The molecule has 0 amide bonds. The molecule has 0 aromatic rings. The van der Waals surface area contributed by atoms with Crippen LogP contribution in [-0.2, 0) is 0 Å². The van der Waals surface area contributed by atoms with E-state index in [1.807, 2.05) is 0 Å². The predicted molar refractivity (Wildman–Crippen MR) is 53.1 cm³/mol. The molecule has 1 aliphatic rings. The molecule has 72 valence electrons. The second-order valence-corrected chi connectivity index (χ2v) is 3.83. The van der Waals surface area contributed by atoms with Crippen molar-refractivity contribution in [3.05, 3.63) is 0 Å². The van der Waals surface area contributed by atoms with Crippen LogP contribution < -0.4 is 5.73 Å². The molecule has 1 saturated carbocycles. The molecule has 0 bridgehead atoms. The largest absolute Gasteiger partial charge is 0.330 e. The minimum absolute atomic E-state index is 0.713. The first-order chi connectivity index (χ1) is 5.81. The molecular weight excluding hydrogens is 148 g/mol. The van der Waals surface area contributed by atoms with Crippen molar-refractivity contribution in [2.45, 2.75) is 39.2 Å². The van der Waals surface area contributed by atoms with Crippen molar-refractivity contribution in [2.75, 3.05) is 19.6 Å². The summed E-state index contributed by atoms with van der Waals surface area (Å²) in [6, 6.07) is 0.899. The lowest BCUT2D eigenvalue weighted by atomic mass is 10.1. The molecule has 0 aromatic heterocycles. The Morgan fingerprint density at radius 2 is 2.08 bits per heavy atom. The van der Waals surface area contributed by atoms with Crippen LogP contribution >= 0.6 is 0 Å². The molecular formula is C10H22N2. The maximum absolute atomic E-state index is 5.68. The molecule has 0 heterocycles. The smallest absolute Gasteiger partial charge is 0.00964 e. The number of hydrogen-bond donors (Lipinski definition) is 1. The van der Waals surface area contributed by atoms with Gasteiger partial charge in [0.05, 0.1) is 0 Å². The quantitative estimate of drug-likeness (QED) is 0.654. The summed E-state index contributed by atoms with van der Waals surface area (Å²) in [5.74, 6) is 0.713. The predicted octanol–water partition coefficient (Wildman–Crippen LogP) is 1.46. The second kappa shape index (κ2) is 4.83. The second-order valence-electron chi connectivity index (χ2n) is 3.83. The van der Waals surface area contributed by atoms with Crippen LogP contribution in [0.25, 0.3) is 0 Å². The molecule has 2 N–H and O–H groups in total. The zero-order valence-electron chi connectivity index (χ0n) is 8.42. The van der Waals surface area contributed by atoms with Gasteiger partial charge < -0.3 is 10.6 Å². The summed E-state index contributed by atoms with van der Waals surface area (Å²) >= 11 is 0.